The molecule has 0 amide bonds. The first-order valence-corrected chi connectivity index (χ1v) is 4.83. The molecule has 2 aromatic rings. The standard InChI is InChI=1S/C13H9NO2/c1-2-5-9-10-6-3-4-7-12(10)16-13(15)11(9)8-14/h2-4,6-7H,1,5H2. The Morgan fingerprint density at radius 3 is 2.88 bits per heavy atom. The summed E-state index contributed by atoms with van der Waals surface area (Å²) >= 11 is 0. The summed E-state index contributed by atoms with van der Waals surface area (Å²) in [6, 6.07) is 9.06. The van der Waals surface area contributed by atoms with E-state index in [2.05, 4.69) is 6.58 Å². The molecule has 0 unspecified atom stereocenters. The van der Waals surface area contributed by atoms with Crippen LogP contribution in [0.1, 0.15) is 11.1 Å². The van der Waals surface area contributed by atoms with Crippen LogP contribution in [-0.2, 0) is 6.42 Å². The fourth-order valence-corrected chi connectivity index (χ4v) is 1.68. The number of hydrogen-bond donors (Lipinski definition) is 0. The molecule has 0 N–H and O–H groups in total. The summed E-state index contributed by atoms with van der Waals surface area (Å²) in [5.41, 5.74) is 0.671. The molecule has 1 aromatic heterocycles. The number of benzene rings is 1. The highest BCUT2D eigenvalue weighted by Gasteiger charge is 2.12. The number of allylic oxidation sites excluding steroid dienone is 1. The van der Waals surface area contributed by atoms with Crippen LogP contribution in [0.2, 0.25) is 0 Å². The molecule has 0 aliphatic rings. The van der Waals surface area contributed by atoms with E-state index < -0.39 is 5.63 Å². The highest BCUT2D eigenvalue weighted by atomic mass is 16.4. The Morgan fingerprint density at radius 1 is 1.44 bits per heavy atom. The third-order valence-corrected chi connectivity index (χ3v) is 2.38. The van der Waals surface area contributed by atoms with Gasteiger partial charge in [-0.2, -0.15) is 5.26 Å². The monoisotopic (exact) mass is 211 g/mol. The maximum atomic E-state index is 11.5. The van der Waals surface area contributed by atoms with Gasteiger partial charge in [-0.1, -0.05) is 24.3 Å². The van der Waals surface area contributed by atoms with E-state index in [-0.39, 0.29) is 5.56 Å². The van der Waals surface area contributed by atoms with Gasteiger partial charge in [0.1, 0.15) is 17.2 Å². The van der Waals surface area contributed by atoms with E-state index in [1.54, 1.807) is 18.2 Å². The number of rotatable bonds is 2. The summed E-state index contributed by atoms with van der Waals surface area (Å²) in [5, 5.41) is 9.73. The molecule has 0 atom stereocenters. The SMILES string of the molecule is C=CCc1c(C#N)c(=O)oc2ccccc12. The van der Waals surface area contributed by atoms with E-state index in [4.69, 9.17) is 9.68 Å². The lowest BCUT2D eigenvalue weighted by Gasteiger charge is -2.04. The lowest BCUT2D eigenvalue weighted by atomic mass is 10.0. The van der Waals surface area contributed by atoms with Crippen LogP contribution in [0.4, 0.5) is 0 Å². The van der Waals surface area contributed by atoms with Crippen molar-refractivity contribution in [2.75, 3.05) is 0 Å². The molecule has 1 aromatic carbocycles. The van der Waals surface area contributed by atoms with Crippen molar-refractivity contribution in [2.24, 2.45) is 0 Å². The van der Waals surface area contributed by atoms with Gasteiger partial charge in [-0.25, -0.2) is 4.79 Å². The minimum atomic E-state index is -0.585. The summed E-state index contributed by atoms with van der Waals surface area (Å²) in [4.78, 5) is 11.5. The Morgan fingerprint density at radius 2 is 2.19 bits per heavy atom. The van der Waals surface area contributed by atoms with Crippen molar-refractivity contribution in [1.82, 2.24) is 0 Å². The largest absolute Gasteiger partial charge is 0.422 e. The van der Waals surface area contributed by atoms with Crippen molar-refractivity contribution in [2.45, 2.75) is 6.42 Å². The fourth-order valence-electron chi connectivity index (χ4n) is 1.68. The van der Waals surface area contributed by atoms with E-state index in [0.717, 1.165) is 5.39 Å². The number of fused-ring (bicyclic) bond motifs is 1. The minimum Gasteiger partial charge on any atom is -0.422 e. The molecular weight excluding hydrogens is 202 g/mol. The zero-order valence-electron chi connectivity index (χ0n) is 8.56. The topological polar surface area (TPSA) is 54.0 Å². The predicted molar refractivity (Wildman–Crippen MR) is 61.1 cm³/mol. The van der Waals surface area contributed by atoms with Crippen LogP contribution in [0.15, 0.2) is 46.1 Å². The average Bonchev–Trinajstić information content (AvgIpc) is 2.29. The quantitative estimate of drug-likeness (QED) is 0.566. The van der Waals surface area contributed by atoms with Crippen LogP contribution >= 0.6 is 0 Å². The molecule has 0 aliphatic heterocycles. The van der Waals surface area contributed by atoms with E-state index >= 15 is 0 Å². The van der Waals surface area contributed by atoms with Crippen LogP contribution in [0.5, 0.6) is 0 Å². The second-order valence-corrected chi connectivity index (χ2v) is 3.34. The first kappa shape index (κ1) is 10.2. The average molecular weight is 211 g/mol. The van der Waals surface area contributed by atoms with Crippen LogP contribution < -0.4 is 5.63 Å². The first-order valence-electron chi connectivity index (χ1n) is 4.83. The van der Waals surface area contributed by atoms with Crippen molar-refractivity contribution in [3.8, 4) is 6.07 Å². The van der Waals surface area contributed by atoms with E-state index in [9.17, 15) is 4.79 Å². The van der Waals surface area contributed by atoms with Crippen molar-refractivity contribution in [3.63, 3.8) is 0 Å². The normalized spacial score (nSPS) is 9.94. The molecule has 1 heterocycles. The van der Waals surface area contributed by atoms with Crippen molar-refractivity contribution < 1.29 is 4.42 Å². The van der Waals surface area contributed by atoms with E-state index in [1.165, 1.54) is 0 Å². The van der Waals surface area contributed by atoms with Gasteiger partial charge < -0.3 is 4.42 Å². The van der Waals surface area contributed by atoms with Crippen LogP contribution in [0.3, 0.4) is 0 Å². The smallest absolute Gasteiger partial charge is 0.354 e. The Kier molecular flexibility index (Phi) is 2.57. The summed E-state index contributed by atoms with van der Waals surface area (Å²) < 4.78 is 5.06. The molecule has 0 spiro atoms. The molecule has 3 nitrogen and oxygen atoms in total. The second-order valence-electron chi connectivity index (χ2n) is 3.34. The molecule has 0 bridgehead atoms. The Bertz CT molecular complexity index is 647. The van der Waals surface area contributed by atoms with Crippen molar-refractivity contribution >= 4 is 11.0 Å². The van der Waals surface area contributed by atoms with Gasteiger partial charge >= 0.3 is 5.63 Å². The molecule has 3 heteroatoms. The lowest BCUT2D eigenvalue weighted by molar-refractivity contribution is 0.557. The third-order valence-electron chi connectivity index (χ3n) is 2.38. The summed E-state index contributed by atoms with van der Waals surface area (Å²) in [6.45, 7) is 3.63. The molecular formula is C13H9NO2. The maximum absolute atomic E-state index is 11.5. The van der Waals surface area contributed by atoms with E-state index in [1.807, 2.05) is 18.2 Å². The van der Waals surface area contributed by atoms with E-state index in [0.29, 0.717) is 17.6 Å². The molecule has 0 aliphatic carbocycles. The van der Waals surface area contributed by atoms with Gasteiger partial charge in [0, 0.05) is 5.39 Å². The van der Waals surface area contributed by atoms with Gasteiger partial charge in [0.15, 0.2) is 0 Å². The van der Waals surface area contributed by atoms with Gasteiger partial charge in [0.2, 0.25) is 0 Å². The molecule has 0 saturated heterocycles. The highest BCUT2D eigenvalue weighted by molar-refractivity contribution is 5.82. The zero-order chi connectivity index (χ0) is 11.5. The Labute approximate surface area is 92.2 Å². The van der Waals surface area contributed by atoms with Gasteiger partial charge in [-0.05, 0) is 18.1 Å². The summed E-state index contributed by atoms with van der Waals surface area (Å²) in [5.74, 6) is 0. The first-order chi connectivity index (χ1) is 7.77. The number of hydrogen-bond acceptors (Lipinski definition) is 3. The van der Waals surface area contributed by atoms with Gasteiger partial charge in [0.05, 0.1) is 0 Å². The van der Waals surface area contributed by atoms with Crippen molar-refractivity contribution in [3.05, 3.63) is 58.5 Å². The molecule has 78 valence electrons. The maximum Gasteiger partial charge on any atom is 0.354 e. The Hall–Kier alpha value is -2.34. The minimum absolute atomic E-state index is 0.0681. The van der Waals surface area contributed by atoms with Crippen LogP contribution in [-0.4, -0.2) is 0 Å². The molecule has 2 rings (SSSR count). The fraction of sp³-hybridized carbons (Fsp3) is 0.0769. The number of nitriles is 1. The van der Waals surface area contributed by atoms with Crippen molar-refractivity contribution in [1.29, 1.82) is 5.26 Å². The second kappa shape index (κ2) is 4.03. The van der Waals surface area contributed by atoms with Crippen LogP contribution in [0.25, 0.3) is 11.0 Å². The summed E-state index contributed by atoms with van der Waals surface area (Å²) in [7, 11) is 0. The number of para-hydroxylation sites is 1. The molecule has 0 saturated carbocycles. The van der Waals surface area contributed by atoms with Gasteiger partial charge in [-0.15, -0.1) is 6.58 Å². The van der Waals surface area contributed by atoms with Gasteiger partial charge in [-0.3, -0.25) is 0 Å². The molecule has 0 fully saturated rings. The van der Waals surface area contributed by atoms with Gasteiger partial charge in [0.25, 0.3) is 0 Å². The highest BCUT2D eigenvalue weighted by Crippen LogP contribution is 2.20. The third kappa shape index (κ3) is 1.51. The number of nitrogens with zero attached hydrogens (tertiary/aromatic N) is 1. The van der Waals surface area contributed by atoms with Crippen LogP contribution in [0, 0.1) is 11.3 Å². The molecule has 0 radical (unpaired) electrons. The zero-order valence-corrected chi connectivity index (χ0v) is 8.56. The molecule has 16 heavy (non-hydrogen) atoms. The summed E-state index contributed by atoms with van der Waals surface area (Å²) in [6.07, 6.45) is 2.15. The lowest BCUT2D eigenvalue weighted by Crippen LogP contribution is -2.08. The Balaban J connectivity index is 2.93. The predicted octanol–water partition coefficient (Wildman–Crippen LogP) is 2.39.